The largest absolute Gasteiger partial charge is 0.497 e. The van der Waals surface area contributed by atoms with Crippen LogP contribution in [0.5, 0.6) is 5.75 Å². The molecule has 1 fully saturated rings. The predicted molar refractivity (Wildman–Crippen MR) is 104 cm³/mol. The average Bonchev–Trinajstić information content (AvgIpc) is 3.10. The molecule has 2 N–H and O–H groups in total. The molecule has 1 aliphatic rings. The number of amides is 2. The third-order valence-electron chi connectivity index (χ3n) is 4.79. The average molecular weight is 378 g/mol. The van der Waals surface area contributed by atoms with Crippen molar-refractivity contribution in [2.45, 2.75) is 6.42 Å². The second kappa shape index (κ2) is 7.15. The lowest BCUT2D eigenvalue weighted by molar-refractivity contribution is -0.122. The van der Waals surface area contributed by atoms with E-state index in [1.54, 1.807) is 54.5 Å². The van der Waals surface area contributed by atoms with Gasteiger partial charge in [0.15, 0.2) is 0 Å². The SMILES string of the molecule is COc1ccc(N2C[C@@H](C(=O)Nc3ccc4nc[nH]c(=O)c4c3)CC2=O)cc1. The smallest absolute Gasteiger partial charge is 0.258 e. The first-order valence-corrected chi connectivity index (χ1v) is 8.78. The van der Waals surface area contributed by atoms with Crippen molar-refractivity contribution in [3.63, 3.8) is 0 Å². The van der Waals surface area contributed by atoms with E-state index in [1.165, 1.54) is 6.33 Å². The second-order valence-corrected chi connectivity index (χ2v) is 6.56. The van der Waals surface area contributed by atoms with Crippen molar-refractivity contribution in [3.05, 3.63) is 59.1 Å². The summed E-state index contributed by atoms with van der Waals surface area (Å²) in [5.74, 6) is -0.142. The molecule has 0 radical (unpaired) electrons. The molecule has 2 heterocycles. The Kier molecular flexibility index (Phi) is 4.52. The van der Waals surface area contributed by atoms with Gasteiger partial charge in [-0.1, -0.05) is 0 Å². The lowest BCUT2D eigenvalue weighted by atomic mass is 10.1. The van der Waals surface area contributed by atoms with Crippen LogP contribution in [0.25, 0.3) is 10.9 Å². The summed E-state index contributed by atoms with van der Waals surface area (Å²) >= 11 is 0. The Morgan fingerprint density at radius 3 is 2.75 bits per heavy atom. The molecular weight excluding hydrogens is 360 g/mol. The maximum Gasteiger partial charge on any atom is 0.258 e. The molecule has 0 unspecified atom stereocenters. The third-order valence-corrected chi connectivity index (χ3v) is 4.79. The van der Waals surface area contributed by atoms with Crippen LogP contribution < -0.4 is 20.5 Å². The minimum Gasteiger partial charge on any atom is -0.497 e. The van der Waals surface area contributed by atoms with Crippen LogP contribution in [-0.4, -0.2) is 35.4 Å². The molecule has 3 aromatic rings. The lowest BCUT2D eigenvalue weighted by Crippen LogP contribution is -2.28. The van der Waals surface area contributed by atoms with Crippen LogP contribution in [0.4, 0.5) is 11.4 Å². The molecule has 0 aliphatic carbocycles. The molecule has 4 rings (SSSR count). The van der Waals surface area contributed by atoms with Crippen molar-refractivity contribution in [3.8, 4) is 5.75 Å². The van der Waals surface area contributed by atoms with Gasteiger partial charge in [-0.2, -0.15) is 0 Å². The molecule has 1 saturated heterocycles. The fourth-order valence-corrected chi connectivity index (χ4v) is 3.29. The minimum atomic E-state index is -0.475. The number of aromatic nitrogens is 2. The number of rotatable bonds is 4. The number of nitrogens with one attached hydrogen (secondary N) is 2. The van der Waals surface area contributed by atoms with E-state index >= 15 is 0 Å². The van der Waals surface area contributed by atoms with Crippen LogP contribution >= 0.6 is 0 Å². The van der Waals surface area contributed by atoms with Gasteiger partial charge in [0, 0.05) is 24.3 Å². The molecule has 2 aromatic carbocycles. The Bertz CT molecular complexity index is 1110. The molecular formula is C20H18N4O4. The van der Waals surface area contributed by atoms with Crippen LogP contribution in [0.3, 0.4) is 0 Å². The summed E-state index contributed by atoms with van der Waals surface area (Å²) in [5, 5.41) is 3.19. The highest BCUT2D eigenvalue weighted by Crippen LogP contribution is 2.27. The standard InChI is InChI=1S/C20H18N4O4/c1-28-15-5-3-14(4-6-15)24-10-12(8-18(24)25)19(26)23-13-2-7-17-16(9-13)20(27)22-11-21-17/h2-7,9,11-12H,8,10H2,1H3,(H,23,26)(H,21,22,27)/t12-/m0/s1. The van der Waals surface area contributed by atoms with Crippen LogP contribution in [0, 0.1) is 5.92 Å². The highest BCUT2D eigenvalue weighted by Gasteiger charge is 2.35. The fraction of sp³-hybridized carbons (Fsp3) is 0.200. The van der Waals surface area contributed by atoms with Crippen molar-refractivity contribution in [2.75, 3.05) is 23.9 Å². The predicted octanol–water partition coefficient (Wildman–Crippen LogP) is 1.92. The van der Waals surface area contributed by atoms with Crippen molar-refractivity contribution < 1.29 is 14.3 Å². The zero-order valence-electron chi connectivity index (χ0n) is 15.1. The third kappa shape index (κ3) is 3.32. The van der Waals surface area contributed by atoms with Gasteiger partial charge >= 0.3 is 0 Å². The summed E-state index contributed by atoms with van der Waals surface area (Å²) in [6, 6.07) is 12.1. The van der Waals surface area contributed by atoms with Crippen LogP contribution in [-0.2, 0) is 9.59 Å². The molecule has 1 atom stereocenters. The van der Waals surface area contributed by atoms with E-state index in [0.29, 0.717) is 28.9 Å². The molecule has 28 heavy (non-hydrogen) atoms. The molecule has 142 valence electrons. The summed E-state index contributed by atoms with van der Waals surface area (Å²) in [4.78, 5) is 45.1. The summed E-state index contributed by atoms with van der Waals surface area (Å²) in [6.07, 6.45) is 1.47. The molecule has 0 spiro atoms. The molecule has 1 aliphatic heterocycles. The Balaban J connectivity index is 1.49. The summed E-state index contributed by atoms with van der Waals surface area (Å²) in [6.45, 7) is 0.298. The normalized spacial score (nSPS) is 16.4. The number of methoxy groups -OCH3 is 1. The molecule has 8 nitrogen and oxygen atoms in total. The molecule has 1 aromatic heterocycles. The van der Waals surface area contributed by atoms with Gasteiger partial charge in [0.2, 0.25) is 11.8 Å². The van der Waals surface area contributed by atoms with Crippen LogP contribution in [0.1, 0.15) is 6.42 Å². The molecule has 2 amide bonds. The Labute approximate surface area is 160 Å². The Morgan fingerprint density at radius 1 is 1.21 bits per heavy atom. The van der Waals surface area contributed by atoms with Crippen LogP contribution in [0.15, 0.2) is 53.6 Å². The first-order valence-electron chi connectivity index (χ1n) is 8.78. The Hall–Kier alpha value is -3.68. The number of carbonyl (C=O) groups excluding carboxylic acids is 2. The molecule has 0 saturated carbocycles. The number of fused-ring (bicyclic) bond motifs is 1. The van der Waals surface area contributed by atoms with E-state index in [0.717, 1.165) is 5.69 Å². The van der Waals surface area contributed by atoms with Crippen molar-refractivity contribution in [1.82, 2.24) is 9.97 Å². The first kappa shape index (κ1) is 17.7. The maximum absolute atomic E-state index is 12.6. The first-order chi connectivity index (χ1) is 13.5. The number of ether oxygens (including phenoxy) is 1. The van der Waals surface area contributed by atoms with E-state index < -0.39 is 5.92 Å². The molecule has 8 heteroatoms. The highest BCUT2D eigenvalue weighted by atomic mass is 16.5. The van der Waals surface area contributed by atoms with Crippen LogP contribution in [0.2, 0.25) is 0 Å². The van der Waals surface area contributed by atoms with Gasteiger partial charge in [-0.25, -0.2) is 4.98 Å². The summed E-state index contributed by atoms with van der Waals surface area (Å²) in [7, 11) is 1.58. The number of carbonyl (C=O) groups is 2. The van der Waals surface area contributed by atoms with Crippen molar-refractivity contribution in [1.29, 1.82) is 0 Å². The van der Waals surface area contributed by atoms with E-state index in [4.69, 9.17) is 4.74 Å². The van der Waals surface area contributed by atoms with E-state index in [2.05, 4.69) is 15.3 Å². The van der Waals surface area contributed by atoms with Gasteiger partial charge in [-0.15, -0.1) is 0 Å². The topological polar surface area (TPSA) is 104 Å². The fourth-order valence-electron chi connectivity index (χ4n) is 3.29. The molecule has 0 bridgehead atoms. The number of hydrogen-bond acceptors (Lipinski definition) is 5. The number of aromatic amines is 1. The van der Waals surface area contributed by atoms with Gasteiger partial charge in [-0.3, -0.25) is 14.4 Å². The number of nitrogens with zero attached hydrogens (tertiary/aromatic N) is 2. The van der Waals surface area contributed by atoms with Crippen molar-refractivity contribution in [2.24, 2.45) is 5.92 Å². The quantitative estimate of drug-likeness (QED) is 0.722. The van der Waals surface area contributed by atoms with Gasteiger partial charge in [0.1, 0.15) is 5.75 Å². The zero-order chi connectivity index (χ0) is 19.7. The number of benzene rings is 2. The lowest BCUT2D eigenvalue weighted by Gasteiger charge is -2.17. The maximum atomic E-state index is 12.6. The Morgan fingerprint density at radius 2 is 2.00 bits per heavy atom. The van der Waals surface area contributed by atoms with Gasteiger partial charge in [-0.05, 0) is 42.5 Å². The van der Waals surface area contributed by atoms with Gasteiger partial charge in [0.25, 0.3) is 5.56 Å². The van der Waals surface area contributed by atoms with E-state index in [1.807, 2.05) is 0 Å². The number of hydrogen-bond donors (Lipinski definition) is 2. The monoisotopic (exact) mass is 378 g/mol. The number of anilines is 2. The zero-order valence-corrected chi connectivity index (χ0v) is 15.1. The van der Waals surface area contributed by atoms with Gasteiger partial charge in [0.05, 0.1) is 30.3 Å². The number of H-pyrrole nitrogens is 1. The van der Waals surface area contributed by atoms with E-state index in [-0.39, 0.29) is 23.8 Å². The highest BCUT2D eigenvalue weighted by molar-refractivity contribution is 6.04. The second-order valence-electron chi connectivity index (χ2n) is 6.56. The van der Waals surface area contributed by atoms with Crippen molar-refractivity contribution >= 4 is 34.1 Å². The van der Waals surface area contributed by atoms with E-state index in [9.17, 15) is 14.4 Å². The minimum absolute atomic E-state index is 0.107. The summed E-state index contributed by atoms with van der Waals surface area (Å²) < 4.78 is 5.13. The summed E-state index contributed by atoms with van der Waals surface area (Å²) in [5.41, 5.74) is 1.49. The van der Waals surface area contributed by atoms with Gasteiger partial charge < -0.3 is 19.9 Å².